The third-order valence-corrected chi connectivity index (χ3v) is 4.64. The van der Waals surface area contributed by atoms with Gasteiger partial charge in [0.05, 0.1) is 11.4 Å². The van der Waals surface area contributed by atoms with Gasteiger partial charge in [-0.2, -0.15) is 0 Å². The minimum Gasteiger partial charge on any atom is -0.872 e. The number of anilines is 2. The van der Waals surface area contributed by atoms with Gasteiger partial charge < -0.3 is 15.8 Å². The van der Waals surface area contributed by atoms with E-state index in [1.165, 1.54) is 30.3 Å². The van der Waals surface area contributed by atoms with Crippen molar-refractivity contribution in [3.05, 3.63) is 107 Å². The number of nitrogens with zero attached hydrogens (tertiary/aromatic N) is 2. The van der Waals surface area contributed by atoms with Gasteiger partial charge in [0, 0.05) is 22.5 Å². The number of nitrogens with one attached hydrogen (secondary N) is 2. The Morgan fingerprint density at radius 2 is 1.87 bits per heavy atom. The highest BCUT2D eigenvalue weighted by molar-refractivity contribution is 6.30. The van der Waals surface area contributed by atoms with Gasteiger partial charge in [0.2, 0.25) is 5.95 Å². The summed E-state index contributed by atoms with van der Waals surface area (Å²) in [5.74, 6) is -0.406. The predicted molar refractivity (Wildman–Crippen MR) is 115 cm³/mol. The van der Waals surface area contributed by atoms with Crippen LogP contribution in [0.15, 0.2) is 84.6 Å². The lowest BCUT2D eigenvalue weighted by molar-refractivity contribution is -0.244. The van der Waals surface area contributed by atoms with Crippen molar-refractivity contribution in [1.82, 2.24) is 9.97 Å². The van der Waals surface area contributed by atoms with E-state index >= 15 is 0 Å². The van der Waals surface area contributed by atoms with Gasteiger partial charge in [-0.05, 0) is 59.7 Å². The second-order valence-corrected chi connectivity index (χ2v) is 6.93. The number of rotatable bonds is 4. The standard InChI is InChI=1S/C23H16ClFN4O/c24-16-2-1-3-18(13-16)28-23-27-11-10-21(29-23)15-6-9-20(26)19(12-15)22(30)14-4-7-17(25)8-5-14/h1-13,26,30H,(H,27,28,29)/p-1/b22-19-,26-20?. The van der Waals surface area contributed by atoms with Crippen LogP contribution >= 0.6 is 11.6 Å². The zero-order chi connectivity index (χ0) is 21.1. The maximum absolute atomic E-state index is 13.2. The minimum absolute atomic E-state index is 0.0828. The normalized spacial score (nSPS) is 15.0. The van der Waals surface area contributed by atoms with E-state index in [1.54, 1.807) is 36.5 Å². The second kappa shape index (κ2) is 8.31. The van der Waals surface area contributed by atoms with Gasteiger partial charge in [-0.15, -0.1) is 0 Å². The van der Waals surface area contributed by atoms with Gasteiger partial charge in [-0.3, -0.25) is 0 Å². The number of hydrogen-bond acceptors (Lipinski definition) is 5. The first-order valence-electron chi connectivity index (χ1n) is 9.01. The lowest BCUT2D eigenvalue weighted by atomic mass is 9.95. The zero-order valence-electron chi connectivity index (χ0n) is 15.6. The fourth-order valence-corrected chi connectivity index (χ4v) is 3.11. The van der Waals surface area contributed by atoms with Crippen LogP contribution in [0.2, 0.25) is 5.02 Å². The maximum atomic E-state index is 13.2. The van der Waals surface area contributed by atoms with Crippen LogP contribution < -0.4 is 10.4 Å². The van der Waals surface area contributed by atoms with Crippen molar-refractivity contribution >= 4 is 40.3 Å². The second-order valence-electron chi connectivity index (χ2n) is 6.50. The third kappa shape index (κ3) is 4.29. The SMILES string of the molecule is N=C1C=CC(c2ccnc(Nc3cccc(Cl)c3)n2)=C/C1=C(/[O-])c1ccc(F)cc1. The molecule has 0 unspecified atom stereocenters. The van der Waals surface area contributed by atoms with E-state index in [2.05, 4.69) is 15.3 Å². The van der Waals surface area contributed by atoms with Crippen molar-refractivity contribution in [2.24, 2.45) is 0 Å². The quantitative estimate of drug-likeness (QED) is 0.599. The summed E-state index contributed by atoms with van der Waals surface area (Å²) in [5.41, 5.74) is 2.60. The molecule has 0 atom stereocenters. The highest BCUT2D eigenvalue weighted by atomic mass is 35.5. The Kier molecular flexibility index (Phi) is 5.41. The summed E-state index contributed by atoms with van der Waals surface area (Å²) in [4.78, 5) is 8.71. The molecule has 0 amide bonds. The zero-order valence-corrected chi connectivity index (χ0v) is 16.3. The third-order valence-electron chi connectivity index (χ3n) is 4.40. The average molecular weight is 418 g/mol. The van der Waals surface area contributed by atoms with Crippen LogP contribution in [0.1, 0.15) is 11.3 Å². The Morgan fingerprint density at radius 1 is 1.07 bits per heavy atom. The molecule has 0 fully saturated rings. The van der Waals surface area contributed by atoms with Crippen molar-refractivity contribution in [1.29, 1.82) is 5.41 Å². The number of benzene rings is 2. The Balaban J connectivity index is 1.67. The van der Waals surface area contributed by atoms with Gasteiger partial charge in [-0.25, -0.2) is 14.4 Å². The van der Waals surface area contributed by atoms with E-state index in [0.29, 0.717) is 27.8 Å². The van der Waals surface area contributed by atoms with E-state index < -0.39 is 5.82 Å². The molecule has 5 nitrogen and oxygen atoms in total. The molecule has 1 aliphatic carbocycles. The molecule has 2 N–H and O–H groups in total. The smallest absolute Gasteiger partial charge is 0.227 e. The minimum atomic E-state index is -0.424. The summed E-state index contributed by atoms with van der Waals surface area (Å²) >= 11 is 6.01. The molecule has 148 valence electrons. The molecule has 0 saturated heterocycles. The average Bonchev–Trinajstić information content (AvgIpc) is 2.74. The summed E-state index contributed by atoms with van der Waals surface area (Å²) in [7, 11) is 0. The molecule has 30 heavy (non-hydrogen) atoms. The van der Waals surface area contributed by atoms with E-state index in [1.807, 2.05) is 12.1 Å². The van der Waals surface area contributed by atoms with E-state index in [0.717, 1.165) is 5.69 Å². The first-order valence-corrected chi connectivity index (χ1v) is 9.39. The van der Waals surface area contributed by atoms with Crippen LogP contribution in [-0.2, 0) is 0 Å². The molecule has 1 aliphatic rings. The van der Waals surface area contributed by atoms with Gasteiger partial charge in [0.1, 0.15) is 5.82 Å². The predicted octanol–water partition coefficient (Wildman–Crippen LogP) is 4.76. The first kappa shape index (κ1) is 19.5. The van der Waals surface area contributed by atoms with E-state index in [-0.39, 0.29) is 17.0 Å². The maximum Gasteiger partial charge on any atom is 0.227 e. The summed E-state index contributed by atoms with van der Waals surface area (Å²) in [5, 5.41) is 24.6. The Labute approximate surface area is 177 Å². The topological polar surface area (TPSA) is 84.7 Å². The lowest BCUT2D eigenvalue weighted by Gasteiger charge is -2.20. The number of halogens is 2. The first-order chi connectivity index (χ1) is 14.5. The van der Waals surface area contributed by atoms with Crippen molar-refractivity contribution in [3.8, 4) is 0 Å². The van der Waals surface area contributed by atoms with Crippen LogP contribution in [0.25, 0.3) is 11.3 Å². The summed E-state index contributed by atoms with van der Waals surface area (Å²) in [6.07, 6.45) is 6.47. The van der Waals surface area contributed by atoms with Crippen LogP contribution in [0, 0.1) is 11.2 Å². The summed E-state index contributed by atoms with van der Waals surface area (Å²) < 4.78 is 13.2. The van der Waals surface area contributed by atoms with Gasteiger partial charge >= 0.3 is 0 Å². The monoisotopic (exact) mass is 417 g/mol. The fourth-order valence-electron chi connectivity index (χ4n) is 2.92. The molecule has 0 aliphatic heterocycles. The molecule has 4 rings (SSSR count). The molecule has 0 radical (unpaired) electrons. The highest BCUT2D eigenvalue weighted by Gasteiger charge is 2.12. The molecule has 1 aromatic heterocycles. The number of aromatic nitrogens is 2. The van der Waals surface area contributed by atoms with Crippen LogP contribution in [-0.4, -0.2) is 15.7 Å². The molecule has 0 bridgehead atoms. The molecule has 1 heterocycles. The largest absolute Gasteiger partial charge is 0.872 e. The van der Waals surface area contributed by atoms with Crippen LogP contribution in [0.3, 0.4) is 0 Å². The van der Waals surface area contributed by atoms with Gasteiger partial charge in [-0.1, -0.05) is 41.6 Å². The van der Waals surface area contributed by atoms with Crippen molar-refractivity contribution in [2.45, 2.75) is 0 Å². The van der Waals surface area contributed by atoms with Crippen LogP contribution in [0.5, 0.6) is 0 Å². The Morgan fingerprint density at radius 3 is 2.63 bits per heavy atom. The summed E-state index contributed by atoms with van der Waals surface area (Å²) in [6, 6.07) is 14.2. The fraction of sp³-hybridized carbons (Fsp3) is 0. The highest BCUT2D eigenvalue weighted by Crippen LogP contribution is 2.26. The van der Waals surface area contributed by atoms with Crippen LogP contribution in [0.4, 0.5) is 16.0 Å². The Hall–Kier alpha value is -3.77. The van der Waals surface area contributed by atoms with Crippen molar-refractivity contribution in [2.75, 3.05) is 5.32 Å². The molecular weight excluding hydrogens is 403 g/mol. The van der Waals surface area contributed by atoms with Gasteiger partial charge in [0.15, 0.2) is 0 Å². The lowest BCUT2D eigenvalue weighted by Crippen LogP contribution is -2.12. The summed E-state index contributed by atoms with van der Waals surface area (Å²) in [6.45, 7) is 0. The number of allylic oxidation sites excluding steroid dienone is 5. The van der Waals surface area contributed by atoms with E-state index in [9.17, 15) is 9.50 Å². The number of hydrogen-bond donors (Lipinski definition) is 2. The molecular formula is C23H15ClFN4O-. The molecule has 0 spiro atoms. The van der Waals surface area contributed by atoms with Gasteiger partial charge in [0.25, 0.3) is 0 Å². The van der Waals surface area contributed by atoms with E-state index in [4.69, 9.17) is 17.0 Å². The Bertz CT molecular complexity index is 1220. The molecule has 0 saturated carbocycles. The molecule has 2 aromatic carbocycles. The van der Waals surface area contributed by atoms with Crippen molar-refractivity contribution in [3.63, 3.8) is 0 Å². The molecule has 3 aromatic rings. The molecule has 7 heteroatoms. The van der Waals surface area contributed by atoms with Crippen molar-refractivity contribution < 1.29 is 9.50 Å².